The van der Waals surface area contributed by atoms with Crippen LogP contribution in [0, 0.1) is 0 Å². The topological polar surface area (TPSA) is 62.9 Å². The van der Waals surface area contributed by atoms with E-state index < -0.39 is 0 Å². The van der Waals surface area contributed by atoms with E-state index in [2.05, 4.69) is 15.2 Å². The second kappa shape index (κ2) is 10.8. The molecule has 1 heterocycles. The summed E-state index contributed by atoms with van der Waals surface area (Å²) in [6.07, 6.45) is 1.03. The van der Waals surface area contributed by atoms with Crippen molar-refractivity contribution < 1.29 is 4.74 Å². The molecule has 1 aromatic rings. The highest BCUT2D eigenvalue weighted by Gasteiger charge is 2.08. The molecule has 0 saturated carbocycles. The highest BCUT2D eigenvalue weighted by Crippen LogP contribution is 2.19. The Morgan fingerprint density at radius 3 is 2.78 bits per heavy atom. The minimum atomic E-state index is 0.531. The molecule has 1 fully saturated rings. The maximum Gasteiger partial charge on any atom is 0.188 e. The predicted molar refractivity (Wildman–Crippen MR) is 98.5 cm³/mol. The highest BCUT2D eigenvalue weighted by molar-refractivity contribution is 7.99. The molecule has 23 heavy (non-hydrogen) atoms. The van der Waals surface area contributed by atoms with E-state index in [-0.39, 0.29) is 0 Å². The summed E-state index contributed by atoms with van der Waals surface area (Å²) in [6.45, 7) is 6.37. The number of rotatable bonds is 8. The molecule has 0 bridgehead atoms. The Balaban J connectivity index is 1.51. The van der Waals surface area contributed by atoms with E-state index in [1.165, 1.54) is 4.90 Å². The lowest BCUT2D eigenvalue weighted by Gasteiger charge is -2.26. The van der Waals surface area contributed by atoms with Gasteiger partial charge in [-0.2, -0.15) is 0 Å². The van der Waals surface area contributed by atoms with Crippen LogP contribution in [0.3, 0.4) is 0 Å². The lowest BCUT2D eigenvalue weighted by atomic mass is 10.3. The maximum atomic E-state index is 5.87. The first-order valence-corrected chi connectivity index (χ1v) is 9.32. The van der Waals surface area contributed by atoms with Crippen LogP contribution < -0.4 is 11.1 Å². The van der Waals surface area contributed by atoms with Gasteiger partial charge in [0.1, 0.15) is 0 Å². The number of nitrogens with zero attached hydrogens (tertiary/aromatic N) is 2. The van der Waals surface area contributed by atoms with Gasteiger partial charge in [0.2, 0.25) is 0 Å². The lowest BCUT2D eigenvalue weighted by molar-refractivity contribution is 0.0377. The normalized spacial score (nSPS) is 16.5. The van der Waals surface area contributed by atoms with Crippen molar-refractivity contribution in [2.75, 3.05) is 51.7 Å². The van der Waals surface area contributed by atoms with Gasteiger partial charge >= 0.3 is 0 Å². The van der Waals surface area contributed by atoms with Gasteiger partial charge in [-0.1, -0.05) is 11.6 Å². The van der Waals surface area contributed by atoms with Gasteiger partial charge in [-0.05, 0) is 30.7 Å². The number of hydrogen-bond donors (Lipinski definition) is 2. The number of benzene rings is 1. The molecule has 0 radical (unpaired) electrons. The van der Waals surface area contributed by atoms with E-state index in [0.29, 0.717) is 5.96 Å². The number of thioether (sulfide) groups is 1. The van der Waals surface area contributed by atoms with E-state index >= 15 is 0 Å². The smallest absolute Gasteiger partial charge is 0.188 e. The molecule has 0 amide bonds. The molecule has 0 atom stereocenters. The van der Waals surface area contributed by atoms with Crippen molar-refractivity contribution in [1.82, 2.24) is 10.2 Å². The van der Waals surface area contributed by atoms with Gasteiger partial charge in [-0.25, -0.2) is 0 Å². The van der Waals surface area contributed by atoms with Crippen molar-refractivity contribution in [1.29, 1.82) is 0 Å². The van der Waals surface area contributed by atoms with Crippen LogP contribution in [0.25, 0.3) is 0 Å². The second-order valence-electron chi connectivity index (χ2n) is 5.30. The zero-order chi connectivity index (χ0) is 16.3. The van der Waals surface area contributed by atoms with Crippen LogP contribution >= 0.6 is 23.4 Å². The van der Waals surface area contributed by atoms with E-state index in [1.54, 1.807) is 11.8 Å². The van der Waals surface area contributed by atoms with E-state index in [1.807, 2.05) is 24.3 Å². The van der Waals surface area contributed by atoms with Crippen LogP contribution in [0.4, 0.5) is 0 Å². The Hall–Kier alpha value is -0.950. The first kappa shape index (κ1) is 18.4. The third kappa shape index (κ3) is 7.92. The number of aliphatic imine (C=N–C) groups is 1. The quantitative estimate of drug-likeness (QED) is 0.323. The van der Waals surface area contributed by atoms with Crippen LogP contribution in [0.15, 0.2) is 34.2 Å². The molecule has 2 rings (SSSR count). The number of guanidine groups is 1. The number of ether oxygens (including phenoxy) is 1. The molecule has 1 aliphatic rings. The molecule has 128 valence electrons. The number of morpholine rings is 1. The Morgan fingerprint density at radius 1 is 1.30 bits per heavy atom. The van der Waals surface area contributed by atoms with E-state index in [0.717, 1.165) is 63.1 Å². The fourth-order valence-corrected chi connectivity index (χ4v) is 3.15. The molecule has 3 N–H and O–H groups in total. The van der Waals surface area contributed by atoms with Crippen molar-refractivity contribution in [2.45, 2.75) is 11.3 Å². The summed E-state index contributed by atoms with van der Waals surface area (Å²) in [6, 6.07) is 7.86. The van der Waals surface area contributed by atoms with E-state index in [4.69, 9.17) is 22.1 Å². The summed E-state index contributed by atoms with van der Waals surface area (Å²) < 4.78 is 5.33. The number of halogens is 1. The molecule has 7 heteroatoms. The summed E-state index contributed by atoms with van der Waals surface area (Å²) in [5.74, 6) is 1.47. The number of nitrogens with one attached hydrogen (secondary N) is 1. The SMILES string of the molecule is NC(=NCCCN1CCOCC1)NCCSc1ccc(Cl)cc1. The molecule has 0 aliphatic carbocycles. The Kier molecular flexibility index (Phi) is 8.60. The first-order chi connectivity index (χ1) is 11.2. The molecule has 0 spiro atoms. The van der Waals surface area contributed by atoms with Crippen molar-refractivity contribution in [3.05, 3.63) is 29.3 Å². The van der Waals surface area contributed by atoms with Crippen LogP contribution in [-0.2, 0) is 4.74 Å². The van der Waals surface area contributed by atoms with Crippen molar-refractivity contribution >= 4 is 29.3 Å². The van der Waals surface area contributed by atoms with Gasteiger partial charge in [-0.3, -0.25) is 9.89 Å². The third-order valence-corrected chi connectivity index (χ3v) is 4.77. The van der Waals surface area contributed by atoms with Crippen molar-refractivity contribution in [3.8, 4) is 0 Å². The van der Waals surface area contributed by atoms with Crippen LogP contribution in [0.5, 0.6) is 0 Å². The fraction of sp³-hybridized carbons (Fsp3) is 0.562. The van der Waals surface area contributed by atoms with Crippen LogP contribution in [0.1, 0.15) is 6.42 Å². The van der Waals surface area contributed by atoms with Gasteiger partial charge in [-0.15, -0.1) is 11.8 Å². The third-order valence-electron chi connectivity index (χ3n) is 3.51. The molecular formula is C16H25ClN4OS. The van der Waals surface area contributed by atoms with Crippen molar-refractivity contribution in [3.63, 3.8) is 0 Å². The Bertz CT molecular complexity index is 477. The van der Waals surface area contributed by atoms with Crippen molar-refractivity contribution in [2.24, 2.45) is 10.7 Å². The predicted octanol–water partition coefficient (Wildman–Crippen LogP) is 2.06. The van der Waals surface area contributed by atoms with Gasteiger partial charge < -0.3 is 15.8 Å². The second-order valence-corrected chi connectivity index (χ2v) is 6.91. The first-order valence-electron chi connectivity index (χ1n) is 7.96. The summed E-state index contributed by atoms with van der Waals surface area (Å²) in [5, 5.41) is 3.91. The van der Waals surface area contributed by atoms with Gasteiger partial charge in [0.15, 0.2) is 5.96 Å². The Labute approximate surface area is 147 Å². The van der Waals surface area contributed by atoms with Crippen LogP contribution in [0.2, 0.25) is 5.02 Å². The minimum Gasteiger partial charge on any atom is -0.379 e. The monoisotopic (exact) mass is 356 g/mol. The molecule has 0 unspecified atom stereocenters. The van der Waals surface area contributed by atoms with Crippen LogP contribution in [-0.4, -0.2) is 62.5 Å². The van der Waals surface area contributed by atoms with Gasteiger partial charge in [0.05, 0.1) is 13.2 Å². The maximum absolute atomic E-state index is 5.87. The largest absolute Gasteiger partial charge is 0.379 e. The molecule has 5 nitrogen and oxygen atoms in total. The lowest BCUT2D eigenvalue weighted by Crippen LogP contribution is -2.37. The highest BCUT2D eigenvalue weighted by atomic mass is 35.5. The minimum absolute atomic E-state index is 0.531. The number of hydrogen-bond acceptors (Lipinski definition) is 4. The summed E-state index contributed by atoms with van der Waals surface area (Å²) in [5.41, 5.74) is 5.87. The summed E-state index contributed by atoms with van der Waals surface area (Å²) in [7, 11) is 0. The molecule has 0 aromatic heterocycles. The fourth-order valence-electron chi connectivity index (χ4n) is 2.25. The Morgan fingerprint density at radius 2 is 2.04 bits per heavy atom. The van der Waals surface area contributed by atoms with Gasteiger partial charge in [0, 0.05) is 48.4 Å². The standard InChI is InChI=1S/C16H25ClN4OS/c17-14-2-4-15(5-3-14)23-13-7-20-16(18)19-6-1-8-21-9-11-22-12-10-21/h2-5H,1,6-13H2,(H3,18,19,20). The molecule has 1 saturated heterocycles. The zero-order valence-corrected chi connectivity index (χ0v) is 14.9. The zero-order valence-electron chi connectivity index (χ0n) is 13.3. The summed E-state index contributed by atoms with van der Waals surface area (Å²) >= 11 is 7.63. The van der Waals surface area contributed by atoms with E-state index in [9.17, 15) is 0 Å². The number of nitrogens with two attached hydrogens (primary N) is 1. The molecule has 1 aromatic carbocycles. The molecular weight excluding hydrogens is 332 g/mol. The summed E-state index contributed by atoms with van der Waals surface area (Å²) in [4.78, 5) is 7.98. The molecule has 1 aliphatic heterocycles. The average Bonchev–Trinajstić information content (AvgIpc) is 2.58. The van der Waals surface area contributed by atoms with Gasteiger partial charge in [0.25, 0.3) is 0 Å². The average molecular weight is 357 g/mol.